The lowest BCUT2D eigenvalue weighted by Crippen LogP contribution is -2.07. The van der Waals surface area contributed by atoms with Gasteiger partial charge < -0.3 is 19.1 Å². The van der Waals surface area contributed by atoms with E-state index in [0.29, 0.717) is 6.61 Å². The topological polar surface area (TPSA) is 43.6 Å². The zero-order chi connectivity index (χ0) is 13.5. The Kier molecular flexibility index (Phi) is 5.39. The van der Waals surface area contributed by atoms with Crippen LogP contribution in [0.15, 0.2) is 30.5 Å². The van der Waals surface area contributed by atoms with E-state index in [-0.39, 0.29) is 6.61 Å². The molecule has 0 amide bonds. The lowest BCUT2D eigenvalue weighted by Gasteiger charge is -2.07. The number of aliphatic hydroxyl groups is 1. The Morgan fingerprint density at radius 2 is 2.05 bits per heavy atom. The standard InChI is InChI=1S/C15H21NO3/c1-18-8-2-9-19-10-7-16-6-5-14-11-13(12-17)3-4-15(14)16/h3-6,11,17H,2,7-10,12H2,1H3. The first-order chi connectivity index (χ1) is 9.35. The molecule has 0 spiro atoms. The van der Waals surface area contributed by atoms with E-state index >= 15 is 0 Å². The van der Waals surface area contributed by atoms with E-state index in [4.69, 9.17) is 14.6 Å². The number of nitrogens with zero attached hydrogens (tertiary/aromatic N) is 1. The molecule has 0 aliphatic heterocycles. The number of hydrogen-bond acceptors (Lipinski definition) is 3. The summed E-state index contributed by atoms with van der Waals surface area (Å²) in [5.41, 5.74) is 2.12. The predicted octanol–water partition coefficient (Wildman–Crippen LogP) is 2.19. The zero-order valence-electron chi connectivity index (χ0n) is 11.3. The lowest BCUT2D eigenvalue weighted by atomic mass is 10.2. The number of methoxy groups -OCH3 is 1. The molecule has 1 aromatic heterocycles. The van der Waals surface area contributed by atoms with Crippen LogP contribution in [-0.2, 0) is 22.6 Å². The maximum atomic E-state index is 9.11. The van der Waals surface area contributed by atoms with Crippen LogP contribution in [0, 0.1) is 0 Å². The quantitative estimate of drug-likeness (QED) is 0.742. The number of aromatic nitrogens is 1. The number of rotatable bonds is 8. The summed E-state index contributed by atoms with van der Waals surface area (Å²) in [5, 5.41) is 10.3. The maximum absolute atomic E-state index is 9.11. The van der Waals surface area contributed by atoms with Crippen LogP contribution < -0.4 is 0 Å². The first kappa shape index (κ1) is 14.1. The van der Waals surface area contributed by atoms with Gasteiger partial charge in [-0.1, -0.05) is 6.07 Å². The molecule has 2 rings (SSSR count). The molecule has 0 aliphatic rings. The summed E-state index contributed by atoms with van der Waals surface area (Å²) in [5.74, 6) is 0. The maximum Gasteiger partial charge on any atom is 0.0682 e. The summed E-state index contributed by atoms with van der Waals surface area (Å²) >= 11 is 0. The van der Waals surface area contributed by atoms with Gasteiger partial charge in [0.2, 0.25) is 0 Å². The van der Waals surface area contributed by atoms with Crippen molar-refractivity contribution in [1.29, 1.82) is 0 Å². The highest BCUT2D eigenvalue weighted by Gasteiger charge is 2.01. The Hall–Kier alpha value is -1.36. The molecule has 4 nitrogen and oxygen atoms in total. The monoisotopic (exact) mass is 263 g/mol. The van der Waals surface area contributed by atoms with Crippen LogP contribution in [-0.4, -0.2) is 36.6 Å². The molecule has 1 N–H and O–H groups in total. The molecule has 0 saturated heterocycles. The molecule has 0 saturated carbocycles. The summed E-state index contributed by atoms with van der Waals surface area (Å²) in [7, 11) is 1.70. The molecule has 1 aromatic carbocycles. The Bertz CT molecular complexity index is 507. The van der Waals surface area contributed by atoms with E-state index < -0.39 is 0 Å². The second-order valence-corrected chi connectivity index (χ2v) is 4.52. The van der Waals surface area contributed by atoms with Gasteiger partial charge >= 0.3 is 0 Å². The largest absolute Gasteiger partial charge is 0.392 e. The van der Waals surface area contributed by atoms with Crippen LogP contribution >= 0.6 is 0 Å². The smallest absolute Gasteiger partial charge is 0.0682 e. The van der Waals surface area contributed by atoms with Gasteiger partial charge in [0, 0.05) is 38.6 Å². The molecule has 0 fully saturated rings. The molecule has 2 aromatic rings. The molecule has 0 atom stereocenters. The second kappa shape index (κ2) is 7.28. The third-order valence-corrected chi connectivity index (χ3v) is 3.13. The average Bonchev–Trinajstić information content (AvgIpc) is 2.85. The minimum atomic E-state index is 0.0870. The normalized spacial score (nSPS) is 11.3. The van der Waals surface area contributed by atoms with Crippen molar-refractivity contribution in [3.8, 4) is 0 Å². The molecular formula is C15H21NO3. The summed E-state index contributed by atoms with van der Waals surface area (Å²) < 4.78 is 12.7. The number of benzene rings is 1. The molecule has 19 heavy (non-hydrogen) atoms. The Balaban J connectivity index is 1.87. The molecule has 1 heterocycles. The fourth-order valence-corrected chi connectivity index (χ4v) is 2.11. The lowest BCUT2D eigenvalue weighted by molar-refractivity contribution is 0.0982. The zero-order valence-corrected chi connectivity index (χ0v) is 11.3. The summed E-state index contributed by atoms with van der Waals surface area (Å²) in [6, 6.07) is 8.09. The van der Waals surface area contributed by atoms with Gasteiger partial charge in [-0.3, -0.25) is 0 Å². The van der Waals surface area contributed by atoms with Crippen molar-refractivity contribution in [1.82, 2.24) is 4.57 Å². The highest BCUT2D eigenvalue weighted by atomic mass is 16.5. The number of aliphatic hydroxyl groups excluding tert-OH is 1. The average molecular weight is 263 g/mol. The van der Waals surface area contributed by atoms with E-state index in [1.54, 1.807) is 7.11 Å². The fourth-order valence-electron chi connectivity index (χ4n) is 2.11. The highest BCUT2D eigenvalue weighted by Crippen LogP contribution is 2.17. The third-order valence-electron chi connectivity index (χ3n) is 3.13. The molecule has 4 heteroatoms. The third kappa shape index (κ3) is 3.80. The SMILES string of the molecule is COCCCOCCn1ccc2cc(CO)ccc21. The van der Waals surface area contributed by atoms with Crippen molar-refractivity contribution >= 4 is 10.9 Å². The van der Waals surface area contributed by atoms with E-state index in [2.05, 4.69) is 16.8 Å². The van der Waals surface area contributed by atoms with Gasteiger partial charge in [0.25, 0.3) is 0 Å². The Labute approximate surface area is 113 Å². The van der Waals surface area contributed by atoms with Gasteiger partial charge in [0.05, 0.1) is 13.2 Å². The molecule has 0 bridgehead atoms. The van der Waals surface area contributed by atoms with Gasteiger partial charge in [-0.05, 0) is 35.6 Å². The van der Waals surface area contributed by atoms with Gasteiger partial charge in [-0.2, -0.15) is 0 Å². The van der Waals surface area contributed by atoms with Crippen molar-refractivity contribution in [3.05, 3.63) is 36.0 Å². The van der Waals surface area contributed by atoms with Crippen molar-refractivity contribution in [3.63, 3.8) is 0 Å². The van der Waals surface area contributed by atoms with Crippen molar-refractivity contribution in [2.45, 2.75) is 19.6 Å². The Morgan fingerprint density at radius 3 is 2.84 bits per heavy atom. The fraction of sp³-hybridized carbons (Fsp3) is 0.467. The van der Waals surface area contributed by atoms with Crippen LogP contribution in [0.3, 0.4) is 0 Å². The minimum absolute atomic E-state index is 0.0870. The predicted molar refractivity (Wildman–Crippen MR) is 75.2 cm³/mol. The number of ether oxygens (including phenoxy) is 2. The summed E-state index contributed by atoms with van der Waals surface area (Å²) in [6.45, 7) is 3.12. The second-order valence-electron chi connectivity index (χ2n) is 4.52. The minimum Gasteiger partial charge on any atom is -0.392 e. The van der Waals surface area contributed by atoms with Crippen LogP contribution in [0.5, 0.6) is 0 Å². The first-order valence-corrected chi connectivity index (χ1v) is 6.60. The number of hydrogen-bond donors (Lipinski definition) is 1. The van der Waals surface area contributed by atoms with E-state index in [1.807, 2.05) is 18.2 Å². The van der Waals surface area contributed by atoms with Gasteiger partial charge in [-0.25, -0.2) is 0 Å². The van der Waals surface area contributed by atoms with Crippen LogP contribution in [0.4, 0.5) is 0 Å². The van der Waals surface area contributed by atoms with E-state index in [9.17, 15) is 0 Å². The van der Waals surface area contributed by atoms with Crippen LogP contribution in [0.25, 0.3) is 10.9 Å². The first-order valence-electron chi connectivity index (χ1n) is 6.60. The van der Waals surface area contributed by atoms with E-state index in [0.717, 1.165) is 37.1 Å². The van der Waals surface area contributed by atoms with Crippen molar-refractivity contribution < 1.29 is 14.6 Å². The van der Waals surface area contributed by atoms with Crippen molar-refractivity contribution in [2.75, 3.05) is 26.9 Å². The van der Waals surface area contributed by atoms with Crippen molar-refractivity contribution in [2.24, 2.45) is 0 Å². The van der Waals surface area contributed by atoms with Gasteiger partial charge in [0.1, 0.15) is 0 Å². The molecular weight excluding hydrogens is 242 g/mol. The molecule has 0 unspecified atom stereocenters. The van der Waals surface area contributed by atoms with Crippen LogP contribution in [0.1, 0.15) is 12.0 Å². The molecule has 0 aliphatic carbocycles. The van der Waals surface area contributed by atoms with E-state index in [1.165, 1.54) is 5.52 Å². The summed E-state index contributed by atoms with van der Waals surface area (Å²) in [6.07, 6.45) is 2.99. The molecule has 0 radical (unpaired) electrons. The Morgan fingerprint density at radius 1 is 1.16 bits per heavy atom. The highest BCUT2D eigenvalue weighted by molar-refractivity contribution is 5.80. The summed E-state index contributed by atoms with van der Waals surface area (Å²) in [4.78, 5) is 0. The van der Waals surface area contributed by atoms with Gasteiger partial charge in [0.15, 0.2) is 0 Å². The molecule has 104 valence electrons. The van der Waals surface area contributed by atoms with Gasteiger partial charge in [-0.15, -0.1) is 0 Å². The number of fused-ring (bicyclic) bond motifs is 1. The van der Waals surface area contributed by atoms with Crippen LogP contribution in [0.2, 0.25) is 0 Å².